The maximum absolute atomic E-state index is 11.9. The first kappa shape index (κ1) is 19.4. The molecule has 2 rings (SSSR count). The van der Waals surface area contributed by atoms with Gasteiger partial charge < -0.3 is 9.80 Å². The Kier molecular flexibility index (Phi) is 6.56. The van der Waals surface area contributed by atoms with Crippen LogP contribution in [0.3, 0.4) is 0 Å². The molecule has 0 spiro atoms. The molecule has 0 amide bonds. The Labute approximate surface area is 150 Å². The van der Waals surface area contributed by atoms with Crippen LogP contribution in [0.25, 0.3) is 0 Å². The summed E-state index contributed by atoms with van der Waals surface area (Å²) in [5, 5.41) is 11.9. The highest BCUT2D eigenvalue weighted by Crippen LogP contribution is 2.36. The minimum atomic E-state index is -0.309. The Bertz CT molecular complexity index is 573. The van der Waals surface area contributed by atoms with Gasteiger partial charge in [0.25, 0.3) is 0 Å². The second-order valence-electron chi connectivity index (χ2n) is 7.99. The summed E-state index contributed by atoms with van der Waals surface area (Å²) in [6, 6.07) is 0. The zero-order chi connectivity index (χ0) is 18.6. The molecular formula is C18H31N5O2. The first-order chi connectivity index (χ1) is 11.8. The second-order valence-corrected chi connectivity index (χ2v) is 7.99. The molecule has 1 aromatic rings. The van der Waals surface area contributed by atoms with Crippen LogP contribution in [0.5, 0.6) is 0 Å². The highest BCUT2D eigenvalue weighted by Gasteiger charge is 2.31. The minimum absolute atomic E-state index is 0.0540. The zero-order valence-corrected chi connectivity index (χ0v) is 16.1. The average Bonchev–Trinajstić information content (AvgIpc) is 2.53. The number of hydrogen-bond acceptors (Lipinski definition) is 6. The van der Waals surface area contributed by atoms with Crippen LogP contribution in [-0.4, -0.2) is 41.1 Å². The van der Waals surface area contributed by atoms with E-state index in [-0.39, 0.29) is 10.6 Å². The quantitative estimate of drug-likeness (QED) is 0.551. The van der Waals surface area contributed by atoms with Crippen molar-refractivity contribution in [3.8, 4) is 0 Å². The van der Waals surface area contributed by atoms with Gasteiger partial charge in [-0.3, -0.25) is 10.1 Å². The predicted octanol–water partition coefficient (Wildman–Crippen LogP) is 3.74. The molecule has 0 bridgehead atoms. The van der Waals surface area contributed by atoms with Crippen LogP contribution in [0, 0.1) is 27.9 Å². The van der Waals surface area contributed by atoms with Gasteiger partial charge in [0.2, 0.25) is 11.6 Å². The van der Waals surface area contributed by atoms with Crippen LogP contribution in [0.4, 0.5) is 17.3 Å². The molecule has 1 fully saturated rings. The summed E-state index contributed by atoms with van der Waals surface area (Å²) in [4.78, 5) is 24.3. The summed E-state index contributed by atoms with van der Waals surface area (Å²) in [6.45, 7) is 13.8. The van der Waals surface area contributed by atoms with E-state index in [1.807, 2.05) is 9.80 Å². The van der Waals surface area contributed by atoms with E-state index in [0.717, 1.165) is 39.0 Å². The van der Waals surface area contributed by atoms with Crippen LogP contribution in [0.15, 0.2) is 6.33 Å². The third-order valence-corrected chi connectivity index (χ3v) is 4.52. The summed E-state index contributed by atoms with van der Waals surface area (Å²) in [5.74, 6) is 2.38. The van der Waals surface area contributed by atoms with Gasteiger partial charge in [0.1, 0.15) is 6.33 Å². The fourth-order valence-electron chi connectivity index (χ4n) is 3.34. The van der Waals surface area contributed by atoms with Gasteiger partial charge in [-0.1, -0.05) is 34.6 Å². The van der Waals surface area contributed by atoms with Crippen molar-refractivity contribution < 1.29 is 4.92 Å². The largest absolute Gasteiger partial charge is 0.353 e. The van der Waals surface area contributed by atoms with Crippen molar-refractivity contribution in [3.63, 3.8) is 0 Å². The lowest BCUT2D eigenvalue weighted by Gasteiger charge is -2.32. The smallest absolute Gasteiger partial charge is 0.351 e. The first-order valence-electron chi connectivity index (χ1n) is 9.28. The van der Waals surface area contributed by atoms with E-state index < -0.39 is 0 Å². The highest BCUT2D eigenvalue weighted by atomic mass is 16.6. The molecule has 1 aromatic heterocycles. The van der Waals surface area contributed by atoms with Crippen LogP contribution in [0.1, 0.15) is 47.5 Å². The maximum Gasteiger partial charge on any atom is 0.353 e. The van der Waals surface area contributed by atoms with Crippen molar-refractivity contribution >= 4 is 17.3 Å². The van der Waals surface area contributed by atoms with E-state index in [1.54, 1.807) is 0 Å². The molecule has 2 heterocycles. The van der Waals surface area contributed by atoms with E-state index in [2.05, 4.69) is 44.6 Å². The SMILES string of the molecule is CC(C)CN(CC(C)C)c1ncnc(N2CCC(C)CC2)c1[N+](=O)[O-]. The number of piperidine rings is 1. The molecular weight excluding hydrogens is 318 g/mol. The third-order valence-electron chi connectivity index (χ3n) is 4.52. The van der Waals surface area contributed by atoms with Crippen LogP contribution < -0.4 is 9.80 Å². The molecule has 7 nitrogen and oxygen atoms in total. The fraction of sp³-hybridized carbons (Fsp3) is 0.778. The molecule has 1 saturated heterocycles. The lowest BCUT2D eigenvalue weighted by Crippen LogP contribution is -2.36. The van der Waals surface area contributed by atoms with Gasteiger partial charge in [-0.05, 0) is 30.6 Å². The van der Waals surface area contributed by atoms with Crippen molar-refractivity contribution in [2.24, 2.45) is 17.8 Å². The van der Waals surface area contributed by atoms with E-state index in [4.69, 9.17) is 0 Å². The van der Waals surface area contributed by atoms with Crippen LogP contribution in [-0.2, 0) is 0 Å². The summed E-state index contributed by atoms with van der Waals surface area (Å²) in [5.41, 5.74) is 0.0540. The first-order valence-corrected chi connectivity index (χ1v) is 9.28. The van der Waals surface area contributed by atoms with E-state index in [1.165, 1.54) is 6.33 Å². The molecule has 0 aromatic carbocycles. The monoisotopic (exact) mass is 349 g/mol. The number of anilines is 2. The van der Waals surface area contributed by atoms with E-state index >= 15 is 0 Å². The number of aromatic nitrogens is 2. The summed E-state index contributed by atoms with van der Waals surface area (Å²) in [7, 11) is 0. The van der Waals surface area contributed by atoms with Crippen molar-refractivity contribution in [2.45, 2.75) is 47.5 Å². The molecule has 0 unspecified atom stereocenters. The van der Waals surface area contributed by atoms with Gasteiger partial charge in [0.05, 0.1) is 4.92 Å². The predicted molar refractivity (Wildman–Crippen MR) is 101 cm³/mol. The molecule has 1 aliphatic heterocycles. The Balaban J connectivity index is 2.42. The van der Waals surface area contributed by atoms with E-state index in [9.17, 15) is 10.1 Å². The Morgan fingerprint density at radius 3 is 2.24 bits per heavy atom. The summed E-state index contributed by atoms with van der Waals surface area (Å²) in [6.07, 6.45) is 3.56. The van der Waals surface area contributed by atoms with Gasteiger partial charge >= 0.3 is 5.69 Å². The van der Waals surface area contributed by atoms with Crippen LogP contribution >= 0.6 is 0 Å². The molecule has 1 aliphatic rings. The maximum atomic E-state index is 11.9. The van der Waals surface area contributed by atoms with Crippen LogP contribution in [0.2, 0.25) is 0 Å². The number of rotatable bonds is 7. The Morgan fingerprint density at radius 2 is 1.76 bits per heavy atom. The lowest BCUT2D eigenvalue weighted by molar-refractivity contribution is -0.383. The number of hydrogen-bond donors (Lipinski definition) is 0. The van der Waals surface area contributed by atoms with Crippen molar-refractivity contribution in [1.82, 2.24) is 9.97 Å². The number of nitrogens with zero attached hydrogens (tertiary/aromatic N) is 5. The van der Waals surface area contributed by atoms with Gasteiger partial charge in [-0.2, -0.15) is 0 Å². The molecule has 0 atom stereocenters. The Hall–Kier alpha value is -1.92. The molecule has 7 heteroatoms. The molecule has 25 heavy (non-hydrogen) atoms. The molecule has 140 valence electrons. The average molecular weight is 349 g/mol. The number of nitro groups is 1. The van der Waals surface area contributed by atoms with Crippen molar-refractivity contribution in [1.29, 1.82) is 0 Å². The molecule has 0 N–H and O–H groups in total. The standard InChI is InChI=1S/C18H31N5O2/c1-13(2)10-22(11-14(3)4)18-16(23(24)25)17(19-12-20-18)21-8-6-15(5)7-9-21/h12-15H,6-11H2,1-5H3. The zero-order valence-electron chi connectivity index (χ0n) is 16.1. The Morgan fingerprint density at radius 1 is 1.20 bits per heavy atom. The molecule has 0 aliphatic carbocycles. The fourth-order valence-corrected chi connectivity index (χ4v) is 3.34. The lowest BCUT2D eigenvalue weighted by atomic mass is 9.99. The minimum Gasteiger partial charge on any atom is -0.351 e. The van der Waals surface area contributed by atoms with Gasteiger partial charge in [-0.15, -0.1) is 0 Å². The topological polar surface area (TPSA) is 75.4 Å². The van der Waals surface area contributed by atoms with Crippen molar-refractivity contribution in [2.75, 3.05) is 36.0 Å². The van der Waals surface area contributed by atoms with Gasteiger partial charge in [-0.25, -0.2) is 9.97 Å². The van der Waals surface area contributed by atoms with Gasteiger partial charge in [0.15, 0.2) is 0 Å². The second kappa shape index (κ2) is 8.45. The molecule has 0 radical (unpaired) electrons. The summed E-state index contributed by atoms with van der Waals surface area (Å²) < 4.78 is 0. The normalized spacial score (nSPS) is 15.9. The van der Waals surface area contributed by atoms with Gasteiger partial charge in [0, 0.05) is 26.2 Å². The van der Waals surface area contributed by atoms with E-state index in [0.29, 0.717) is 29.4 Å². The third kappa shape index (κ3) is 5.03. The summed E-state index contributed by atoms with van der Waals surface area (Å²) >= 11 is 0. The highest BCUT2D eigenvalue weighted by molar-refractivity contribution is 5.71. The molecule has 0 saturated carbocycles. The van der Waals surface area contributed by atoms with Crippen molar-refractivity contribution in [3.05, 3.63) is 16.4 Å².